The van der Waals surface area contributed by atoms with Crippen molar-refractivity contribution >= 4 is 15.9 Å². The Balaban J connectivity index is 2.31. The monoisotopic (exact) mass is 269 g/mol. The maximum atomic E-state index is 11.4. The van der Waals surface area contributed by atoms with Crippen LogP contribution in [0.5, 0.6) is 0 Å². The van der Waals surface area contributed by atoms with Crippen molar-refractivity contribution in [3.8, 4) is 0 Å². The quantitative estimate of drug-likeness (QED) is 0.781. The van der Waals surface area contributed by atoms with E-state index in [4.69, 9.17) is 0 Å². The number of rotatable bonds is 2. The third-order valence-electron chi connectivity index (χ3n) is 1.81. The van der Waals surface area contributed by atoms with Crippen LogP contribution in [0, 0.1) is 0 Å². The van der Waals surface area contributed by atoms with Crippen LogP contribution >= 0.6 is 15.9 Å². The van der Waals surface area contributed by atoms with Crippen LogP contribution in [0.25, 0.3) is 0 Å². The fraction of sp³-hybridized carbons (Fsp3) is 0.250. The van der Waals surface area contributed by atoms with E-state index in [1.54, 1.807) is 19.3 Å². The summed E-state index contributed by atoms with van der Waals surface area (Å²) in [6.07, 6.45) is 1.69. The van der Waals surface area contributed by atoms with Crippen molar-refractivity contribution in [2.24, 2.45) is 7.05 Å². The molecule has 0 bridgehead atoms. The van der Waals surface area contributed by atoms with Gasteiger partial charge in [0.15, 0.2) is 5.82 Å². The lowest BCUT2D eigenvalue weighted by molar-refractivity contribution is 0.624. The number of tetrazole rings is 1. The fourth-order valence-corrected chi connectivity index (χ4v) is 1.54. The summed E-state index contributed by atoms with van der Waals surface area (Å²) in [6.45, 7) is 0.326. The van der Waals surface area contributed by atoms with Gasteiger partial charge in [0.2, 0.25) is 0 Å². The van der Waals surface area contributed by atoms with Gasteiger partial charge in [-0.15, -0.1) is 10.2 Å². The molecule has 0 aliphatic heterocycles. The van der Waals surface area contributed by atoms with Gasteiger partial charge in [-0.2, -0.15) is 4.80 Å². The molecule has 7 heteroatoms. The Labute approximate surface area is 93.7 Å². The second kappa shape index (κ2) is 3.93. The number of aryl methyl sites for hydroxylation is 1. The van der Waals surface area contributed by atoms with E-state index in [0.29, 0.717) is 12.4 Å². The summed E-state index contributed by atoms with van der Waals surface area (Å²) >= 11 is 3.29. The number of nitrogens with zero attached hydrogens (tertiary/aromatic N) is 5. The number of pyridine rings is 1. The zero-order chi connectivity index (χ0) is 10.8. The summed E-state index contributed by atoms with van der Waals surface area (Å²) in [4.78, 5) is 12.8. The van der Waals surface area contributed by atoms with Crippen molar-refractivity contribution in [1.29, 1.82) is 0 Å². The molecule has 78 valence electrons. The van der Waals surface area contributed by atoms with Crippen LogP contribution in [0.3, 0.4) is 0 Å². The van der Waals surface area contributed by atoms with E-state index < -0.39 is 0 Å². The lowest BCUT2D eigenvalue weighted by atomic mass is 10.4. The van der Waals surface area contributed by atoms with Crippen LogP contribution in [0.2, 0.25) is 0 Å². The molecular weight excluding hydrogens is 262 g/mol. The first-order valence-corrected chi connectivity index (χ1v) is 5.03. The molecule has 0 atom stereocenters. The highest BCUT2D eigenvalue weighted by Gasteiger charge is 2.03. The third-order valence-corrected chi connectivity index (χ3v) is 2.28. The summed E-state index contributed by atoms with van der Waals surface area (Å²) in [7, 11) is 1.68. The highest BCUT2D eigenvalue weighted by Crippen LogP contribution is 2.05. The highest BCUT2D eigenvalue weighted by atomic mass is 79.9. The van der Waals surface area contributed by atoms with Crippen molar-refractivity contribution in [2.45, 2.75) is 6.54 Å². The van der Waals surface area contributed by atoms with Crippen LogP contribution in [0.15, 0.2) is 27.6 Å². The molecule has 6 nitrogen and oxygen atoms in total. The van der Waals surface area contributed by atoms with E-state index in [1.165, 1.54) is 15.4 Å². The first-order chi connectivity index (χ1) is 7.15. The largest absolute Gasteiger partial charge is 0.307 e. The topological polar surface area (TPSA) is 65.6 Å². The maximum absolute atomic E-state index is 11.4. The highest BCUT2D eigenvalue weighted by molar-refractivity contribution is 9.10. The average Bonchev–Trinajstić information content (AvgIpc) is 2.58. The minimum Gasteiger partial charge on any atom is -0.307 e. The van der Waals surface area contributed by atoms with Gasteiger partial charge in [0.1, 0.15) is 0 Å². The van der Waals surface area contributed by atoms with Gasteiger partial charge >= 0.3 is 0 Å². The maximum Gasteiger partial charge on any atom is 0.251 e. The van der Waals surface area contributed by atoms with Crippen molar-refractivity contribution in [1.82, 2.24) is 24.8 Å². The van der Waals surface area contributed by atoms with Gasteiger partial charge in [0, 0.05) is 16.7 Å². The van der Waals surface area contributed by atoms with Crippen molar-refractivity contribution < 1.29 is 0 Å². The Bertz CT molecular complexity index is 532. The Morgan fingerprint density at radius 3 is 2.93 bits per heavy atom. The second-order valence-electron chi connectivity index (χ2n) is 3.01. The standard InChI is InChI=1S/C8H8BrN5O/c1-13-11-7(10-12-13)5-14-4-6(9)2-3-8(14)15/h2-4H,5H2,1H3. The van der Waals surface area contributed by atoms with Crippen molar-refractivity contribution in [2.75, 3.05) is 0 Å². The molecular formula is C8H8BrN5O. The Morgan fingerprint density at radius 1 is 1.47 bits per heavy atom. The molecule has 2 aromatic rings. The predicted octanol–water partition coefficient (Wildman–Crippen LogP) is 0.183. The van der Waals surface area contributed by atoms with E-state index in [1.807, 2.05) is 0 Å². The number of hydrogen-bond acceptors (Lipinski definition) is 4. The number of aromatic nitrogens is 5. The Hall–Kier alpha value is -1.50. The van der Waals surface area contributed by atoms with E-state index in [-0.39, 0.29) is 5.56 Å². The van der Waals surface area contributed by atoms with Gasteiger partial charge in [-0.25, -0.2) is 0 Å². The SMILES string of the molecule is Cn1nnc(Cn2cc(Br)ccc2=O)n1. The summed E-state index contributed by atoms with van der Waals surface area (Å²) < 4.78 is 2.35. The molecule has 15 heavy (non-hydrogen) atoms. The molecule has 2 aromatic heterocycles. The molecule has 0 N–H and O–H groups in total. The zero-order valence-corrected chi connectivity index (χ0v) is 9.55. The van der Waals surface area contributed by atoms with E-state index in [0.717, 1.165) is 4.47 Å². The van der Waals surface area contributed by atoms with Gasteiger partial charge in [-0.1, -0.05) is 0 Å². The summed E-state index contributed by atoms with van der Waals surface area (Å²) in [6, 6.07) is 3.18. The van der Waals surface area contributed by atoms with E-state index >= 15 is 0 Å². The molecule has 0 amide bonds. The summed E-state index contributed by atoms with van der Waals surface area (Å²) in [5, 5.41) is 11.5. The minimum atomic E-state index is -0.0920. The molecule has 0 unspecified atom stereocenters. The molecule has 2 rings (SSSR count). The molecule has 0 aliphatic rings. The second-order valence-corrected chi connectivity index (χ2v) is 3.92. The molecule has 0 aliphatic carbocycles. The fourth-order valence-electron chi connectivity index (χ4n) is 1.16. The molecule has 2 heterocycles. The lowest BCUT2D eigenvalue weighted by Gasteiger charge is -2.01. The van der Waals surface area contributed by atoms with Crippen LogP contribution in [-0.2, 0) is 13.6 Å². The normalized spacial score (nSPS) is 10.5. The van der Waals surface area contributed by atoms with Gasteiger partial charge < -0.3 is 4.57 Å². The molecule has 0 saturated heterocycles. The van der Waals surface area contributed by atoms with Gasteiger partial charge in [-0.3, -0.25) is 4.79 Å². The van der Waals surface area contributed by atoms with E-state index in [9.17, 15) is 4.79 Å². The minimum absolute atomic E-state index is 0.0920. The molecule has 0 fully saturated rings. The number of hydrogen-bond donors (Lipinski definition) is 0. The van der Waals surface area contributed by atoms with E-state index in [2.05, 4.69) is 31.3 Å². The zero-order valence-electron chi connectivity index (χ0n) is 7.96. The van der Waals surface area contributed by atoms with Gasteiger partial charge in [0.25, 0.3) is 5.56 Å². The van der Waals surface area contributed by atoms with Crippen molar-refractivity contribution in [3.05, 3.63) is 39.0 Å². The smallest absolute Gasteiger partial charge is 0.251 e. The van der Waals surface area contributed by atoms with Crippen LogP contribution in [-0.4, -0.2) is 24.8 Å². The summed E-state index contributed by atoms with van der Waals surface area (Å²) in [5.41, 5.74) is -0.0920. The van der Waals surface area contributed by atoms with Gasteiger partial charge in [0.05, 0.1) is 13.6 Å². The first kappa shape index (κ1) is 10.0. The molecule has 0 spiro atoms. The predicted molar refractivity (Wildman–Crippen MR) is 56.3 cm³/mol. The molecule has 0 radical (unpaired) electrons. The van der Waals surface area contributed by atoms with Crippen LogP contribution < -0.4 is 5.56 Å². The van der Waals surface area contributed by atoms with Crippen LogP contribution in [0.1, 0.15) is 5.82 Å². The molecule has 0 aromatic carbocycles. The number of halogens is 1. The Kier molecular flexibility index (Phi) is 2.63. The van der Waals surface area contributed by atoms with Crippen molar-refractivity contribution in [3.63, 3.8) is 0 Å². The van der Waals surface area contributed by atoms with Gasteiger partial charge in [-0.05, 0) is 27.2 Å². The summed E-state index contributed by atoms with van der Waals surface area (Å²) in [5.74, 6) is 0.512. The average molecular weight is 270 g/mol. The lowest BCUT2D eigenvalue weighted by Crippen LogP contribution is -2.19. The Morgan fingerprint density at radius 2 is 2.27 bits per heavy atom. The third kappa shape index (κ3) is 2.30. The first-order valence-electron chi connectivity index (χ1n) is 4.24. The van der Waals surface area contributed by atoms with Crippen LogP contribution in [0.4, 0.5) is 0 Å². The molecule has 0 saturated carbocycles.